The molecule has 2 rings (SSSR count). The van der Waals surface area contributed by atoms with Crippen LogP contribution in [0.5, 0.6) is 5.75 Å². The summed E-state index contributed by atoms with van der Waals surface area (Å²) in [7, 11) is 0. The largest absolute Gasteiger partial charge is 0.489 e. The van der Waals surface area contributed by atoms with Gasteiger partial charge in [0.05, 0.1) is 6.04 Å². The summed E-state index contributed by atoms with van der Waals surface area (Å²) in [4.78, 5) is 10.9. The molecule has 2 aromatic rings. The summed E-state index contributed by atoms with van der Waals surface area (Å²) in [6.07, 6.45) is 0. The number of carbonyl (C=O) groups is 1. The van der Waals surface area contributed by atoms with Crippen LogP contribution in [-0.2, 0) is 17.9 Å². The van der Waals surface area contributed by atoms with Crippen LogP contribution in [0, 0.1) is 5.82 Å². The molecule has 0 aliphatic carbocycles. The number of benzene rings is 2. The molecule has 0 aromatic heterocycles. The van der Waals surface area contributed by atoms with Crippen molar-refractivity contribution < 1.29 is 13.9 Å². The normalized spacial score (nSPS) is 11.9. The number of rotatable bonds is 9. The lowest BCUT2D eigenvalue weighted by atomic mass is 10.2. The highest BCUT2D eigenvalue weighted by Gasteiger charge is 2.06. The van der Waals surface area contributed by atoms with Crippen molar-refractivity contribution in [3.63, 3.8) is 0 Å². The average Bonchev–Trinajstić information content (AvgIpc) is 2.58. The predicted molar refractivity (Wildman–Crippen MR) is 90.7 cm³/mol. The highest BCUT2D eigenvalue weighted by molar-refractivity contribution is 5.79. The molecule has 128 valence electrons. The van der Waals surface area contributed by atoms with E-state index in [0.29, 0.717) is 24.5 Å². The Morgan fingerprint density at radius 2 is 1.92 bits per heavy atom. The van der Waals surface area contributed by atoms with Crippen LogP contribution >= 0.6 is 0 Å². The van der Waals surface area contributed by atoms with Gasteiger partial charge in [0.2, 0.25) is 5.91 Å². The van der Waals surface area contributed by atoms with E-state index in [-0.39, 0.29) is 24.4 Å². The lowest BCUT2D eigenvalue weighted by Crippen LogP contribution is -2.43. The van der Waals surface area contributed by atoms with E-state index < -0.39 is 0 Å². The number of primary amides is 1. The molecule has 6 heteroatoms. The van der Waals surface area contributed by atoms with Crippen molar-refractivity contribution in [3.05, 3.63) is 65.5 Å². The van der Waals surface area contributed by atoms with Crippen molar-refractivity contribution in [1.29, 1.82) is 0 Å². The van der Waals surface area contributed by atoms with Crippen molar-refractivity contribution in [1.82, 2.24) is 10.6 Å². The zero-order chi connectivity index (χ0) is 17.4. The van der Waals surface area contributed by atoms with Crippen LogP contribution in [0.1, 0.15) is 18.1 Å². The molecule has 0 bridgehead atoms. The fraction of sp³-hybridized carbons (Fsp3) is 0.278. The Hall–Kier alpha value is -2.44. The minimum Gasteiger partial charge on any atom is -0.489 e. The van der Waals surface area contributed by atoms with Gasteiger partial charge in [-0.3, -0.25) is 10.1 Å². The molecule has 0 aliphatic rings. The Labute approximate surface area is 141 Å². The molecule has 2 aromatic carbocycles. The Balaban J connectivity index is 1.74. The summed E-state index contributed by atoms with van der Waals surface area (Å²) in [5.74, 6) is 0.0339. The molecule has 1 amide bonds. The molecule has 0 aliphatic heterocycles. The minimum absolute atomic E-state index is 0.194. The van der Waals surface area contributed by atoms with Gasteiger partial charge in [0.15, 0.2) is 0 Å². The molecule has 0 saturated heterocycles. The fourth-order valence-corrected chi connectivity index (χ4v) is 2.01. The summed E-state index contributed by atoms with van der Waals surface area (Å²) in [6.45, 7) is 3.03. The summed E-state index contributed by atoms with van der Waals surface area (Å²) in [6, 6.07) is 13.7. The monoisotopic (exact) mass is 331 g/mol. The number of ether oxygens (including phenoxy) is 1. The van der Waals surface area contributed by atoms with Gasteiger partial charge >= 0.3 is 0 Å². The number of nitrogens with one attached hydrogen (secondary N) is 2. The van der Waals surface area contributed by atoms with Gasteiger partial charge in [-0.05, 0) is 30.7 Å². The average molecular weight is 331 g/mol. The van der Waals surface area contributed by atoms with Gasteiger partial charge in [0.25, 0.3) is 0 Å². The van der Waals surface area contributed by atoms with Gasteiger partial charge in [-0.15, -0.1) is 0 Å². The quantitative estimate of drug-likeness (QED) is 0.485. The van der Waals surface area contributed by atoms with E-state index in [2.05, 4.69) is 10.6 Å². The maximum absolute atomic E-state index is 13.5. The first-order valence-electron chi connectivity index (χ1n) is 7.75. The van der Waals surface area contributed by atoms with Crippen molar-refractivity contribution in [3.8, 4) is 5.75 Å². The lowest BCUT2D eigenvalue weighted by molar-refractivity contribution is -0.119. The lowest BCUT2D eigenvalue weighted by Gasteiger charge is -2.11. The van der Waals surface area contributed by atoms with E-state index in [9.17, 15) is 9.18 Å². The van der Waals surface area contributed by atoms with Gasteiger partial charge in [0.1, 0.15) is 18.2 Å². The highest BCUT2D eigenvalue weighted by Crippen LogP contribution is 2.15. The smallest absolute Gasteiger partial charge is 0.234 e. The van der Waals surface area contributed by atoms with Gasteiger partial charge in [0, 0.05) is 18.8 Å². The topological polar surface area (TPSA) is 76.4 Å². The number of nitrogens with two attached hydrogens (primary N) is 1. The van der Waals surface area contributed by atoms with E-state index in [1.54, 1.807) is 25.1 Å². The first-order valence-corrected chi connectivity index (χ1v) is 7.75. The molecular weight excluding hydrogens is 309 g/mol. The fourth-order valence-electron chi connectivity index (χ4n) is 2.01. The third-order valence-corrected chi connectivity index (χ3v) is 3.56. The highest BCUT2D eigenvalue weighted by atomic mass is 19.1. The van der Waals surface area contributed by atoms with Gasteiger partial charge in [-0.25, -0.2) is 4.39 Å². The molecule has 1 unspecified atom stereocenters. The molecule has 0 fully saturated rings. The van der Waals surface area contributed by atoms with Crippen LogP contribution in [0.25, 0.3) is 0 Å². The summed E-state index contributed by atoms with van der Waals surface area (Å²) >= 11 is 0. The number of hydrogen-bond acceptors (Lipinski definition) is 4. The standard InChI is InChI=1S/C18H22FN3O2/c1-13(18(20)23)22-12-21-10-14-6-8-16(9-7-14)24-11-15-4-2-3-5-17(15)19/h2-9,13,21-22H,10-12H2,1H3,(H2,20,23). The SMILES string of the molecule is CC(NCNCc1ccc(OCc2ccccc2F)cc1)C(N)=O. The number of amides is 1. The Bertz CT molecular complexity index is 662. The van der Waals surface area contributed by atoms with Gasteiger partial charge in [-0.2, -0.15) is 0 Å². The Kier molecular flexibility index (Phi) is 6.72. The minimum atomic E-state index is -0.381. The van der Waals surface area contributed by atoms with Crippen LogP contribution in [0.15, 0.2) is 48.5 Å². The molecule has 0 heterocycles. The number of hydrogen-bond donors (Lipinski definition) is 3. The molecule has 1 atom stereocenters. The second kappa shape index (κ2) is 9.00. The van der Waals surface area contributed by atoms with Crippen molar-refractivity contribution >= 4 is 5.91 Å². The summed E-state index contributed by atoms with van der Waals surface area (Å²) in [5, 5.41) is 6.12. The Morgan fingerprint density at radius 3 is 2.58 bits per heavy atom. The summed E-state index contributed by atoms with van der Waals surface area (Å²) in [5.41, 5.74) is 6.76. The van der Waals surface area contributed by atoms with Crippen LogP contribution in [0.4, 0.5) is 4.39 Å². The zero-order valence-corrected chi connectivity index (χ0v) is 13.6. The molecule has 0 saturated carbocycles. The molecular formula is C18H22FN3O2. The van der Waals surface area contributed by atoms with Crippen LogP contribution in [0.2, 0.25) is 0 Å². The second-order valence-corrected chi connectivity index (χ2v) is 5.46. The first-order chi connectivity index (χ1) is 11.6. The third kappa shape index (κ3) is 5.64. The van der Waals surface area contributed by atoms with Crippen LogP contribution in [0.3, 0.4) is 0 Å². The van der Waals surface area contributed by atoms with E-state index >= 15 is 0 Å². The number of carbonyl (C=O) groups excluding carboxylic acids is 1. The third-order valence-electron chi connectivity index (χ3n) is 3.56. The Morgan fingerprint density at radius 1 is 1.21 bits per heavy atom. The van der Waals surface area contributed by atoms with E-state index in [1.807, 2.05) is 24.3 Å². The van der Waals surface area contributed by atoms with Gasteiger partial charge < -0.3 is 15.8 Å². The van der Waals surface area contributed by atoms with Crippen molar-refractivity contribution in [2.75, 3.05) is 6.67 Å². The molecule has 0 spiro atoms. The predicted octanol–water partition coefficient (Wildman–Crippen LogP) is 1.92. The van der Waals surface area contributed by atoms with Crippen LogP contribution < -0.4 is 21.1 Å². The van der Waals surface area contributed by atoms with E-state index in [1.165, 1.54) is 6.07 Å². The van der Waals surface area contributed by atoms with Gasteiger partial charge in [-0.1, -0.05) is 30.3 Å². The maximum Gasteiger partial charge on any atom is 0.234 e. The maximum atomic E-state index is 13.5. The van der Waals surface area contributed by atoms with E-state index in [0.717, 1.165) is 5.56 Å². The van der Waals surface area contributed by atoms with Crippen LogP contribution in [-0.4, -0.2) is 18.6 Å². The zero-order valence-electron chi connectivity index (χ0n) is 13.6. The van der Waals surface area contributed by atoms with Crippen molar-refractivity contribution in [2.45, 2.75) is 26.1 Å². The molecule has 5 nitrogen and oxygen atoms in total. The number of halogens is 1. The molecule has 4 N–H and O–H groups in total. The summed E-state index contributed by atoms with van der Waals surface area (Å²) < 4.78 is 19.1. The molecule has 24 heavy (non-hydrogen) atoms. The molecule has 0 radical (unpaired) electrons. The van der Waals surface area contributed by atoms with E-state index in [4.69, 9.17) is 10.5 Å². The first kappa shape index (κ1) is 17.9. The second-order valence-electron chi connectivity index (χ2n) is 5.46. The van der Waals surface area contributed by atoms with Crippen molar-refractivity contribution in [2.24, 2.45) is 5.73 Å².